The van der Waals surface area contributed by atoms with Gasteiger partial charge >= 0.3 is 5.97 Å². The average Bonchev–Trinajstić information content (AvgIpc) is 2.29. The Labute approximate surface area is 112 Å². The third kappa shape index (κ3) is 4.16. The fourth-order valence-corrected chi connectivity index (χ4v) is 2.39. The second kappa shape index (κ2) is 6.84. The predicted octanol–water partition coefficient (Wildman–Crippen LogP) is 1.35. The maximum atomic E-state index is 14.5. The summed E-state index contributed by atoms with van der Waals surface area (Å²) in [5.74, 6) is -0.882. The Hall–Kier alpha value is -1.17. The number of halogens is 1. The number of hydrogen-bond acceptors (Lipinski definition) is 4. The molecule has 1 fully saturated rings. The van der Waals surface area contributed by atoms with E-state index in [0.717, 1.165) is 6.42 Å². The third-order valence-corrected chi connectivity index (χ3v) is 3.16. The quantitative estimate of drug-likeness (QED) is 0.787. The molecule has 0 radical (unpaired) electrons. The molecule has 5 atom stereocenters. The van der Waals surface area contributed by atoms with Crippen molar-refractivity contribution in [2.45, 2.75) is 71.1 Å². The van der Waals surface area contributed by atoms with E-state index in [9.17, 15) is 14.0 Å². The number of hydrogen-bond donors (Lipinski definition) is 1. The summed E-state index contributed by atoms with van der Waals surface area (Å²) in [5.41, 5.74) is 0. The van der Waals surface area contributed by atoms with Crippen molar-refractivity contribution in [3.63, 3.8) is 0 Å². The highest BCUT2D eigenvalue weighted by molar-refractivity contribution is 5.73. The van der Waals surface area contributed by atoms with Gasteiger partial charge in [0.05, 0.1) is 18.2 Å². The number of amides is 1. The Balaban J connectivity index is 2.85. The molecule has 6 heteroatoms. The van der Waals surface area contributed by atoms with Crippen LogP contribution in [-0.4, -0.2) is 42.4 Å². The molecule has 1 aliphatic heterocycles. The number of ether oxygens (including phenoxy) is 2. The molecule has 0 aliphatic carbocycles. The smallest absolute Gasteiger partial charge is 0.303 e. The van der Waals surface area contributed by atoms with Crippen LogP contribution < -0.4 is 5.32 Å². The van der Waals surface area contributed by atoms with Crippen molar-refractivity contribution in [3.05, 3.63) is 0 Å². The van der Waals surface area contributed by atoms with Crippen molar-refractivity contribution in [2.75, 3.05) is 0 Å². The zero-order chi connectivity index (χ0) is 14.6. The minimum absolute atomic E-state index is 0.335. The molecular weight excluding hydrogens is 253 g/mol. The molecule has 0 aromatic carbocycles. The van der Waals surface area contributed by atoms with Crippen LogP contribution >= 0.6 is 0 Å². The molecule has 1 unspecified atom stereocenters. The molecule has 1 aliphatic rings. The monoisotopic (exact) mass is 275 g/mol. The summed E-state index contributed by atoms with van der Waals surface area (Å²) >= 11 is 0. The first kappa shape index (κ1) is 15.9. The van der Waals surface area contributed by atoms with E-state index in [0.29, 0.717) is 6.42 Å². The van der Waals surface area contributed by atoms with Crippen LogP contribution in [0.3, 0.4) is 0 Å². The Morgan fingerprint density at radius 1 is 1.37 bits per heavy atom. The average molecular weight is 275 g/mol. The Bertz CT molecular complexity index is 337. The van der Waals surface area contributed by atoms with Gasteiger partial charge in [0.15, 0.2) is 12.3 Å². The summed E-state index contributed by atoms with van der Waals surface area (Å²) < 4.78 is 25.2. The predicted molar refractivity (Wildman–Crippen MR) is 67.3 cm³/mol. The molecule has 1 rings (SSSR count). The van der Waals surface area contributed by atoms with E-state index in [4.69, 9.17) is 9.47 Å². The minimum Gasteiger partial charge on any atom is -0.457 e. The molecule has 0 spiro atoms. The summed E-state index contributed by atoms with van der Waals surface area (Å²) in [6.07, 6.45) is -1.95. The molecule has 1 N–H and O–H groups in total. The molecular formula is C13H22FNO4. The number of carbonyl (C=O) groups is 2. The second-order valence-corrected chi connectivity index (χ2v) is 4.91. The van der Waals surface area contributed by atoms with Crippen LogP contribution in [-0.2, 0) is 19.1 Å². The Morgan fingerprint density at radius 2 is 2.00 bits per heavy atom. The maximum absolute atomic E-state index is 14.5. The highest BCUT2D eigenvalue weighted by atomic mass is 19.1. The normalized spacial score (nSPS) is 34.7. The van der Waals surface area contributed by atoms with E-state index in [1.54, 1.807) is 6.92 Å². The Morgan fingerprint density at radius 3 is 2.47 bits per heavy atom. The lowest BCUT2D eigenvalue weighted by Gasteiger charge is -2.42. The molecule has 1 saturated heterocycles. The first-order chi connectivity index (χ1) is 8.86. The van der Waals surface area contributed by atoms with Crippen molar-refractivity contribution in [1.29, 1.82) is 0 Å². The van der Waals surface area contributed by atoms with Crippen LogP contribution in [0.15, 0.2) is 0 Å². The van der Waals surface area contributed by atoms with Gasteiger partial charge in [0.25, 0.3) is 0 Å². The first-order valence-electron chi connectivity index (χ1n) is 6.60. The maximum Gasteiger partial charge on any atom is 0.303 e. The van der Waals surface area contributed by atoms with Gasteiger partial charge in [0.1, 0.15) is 0 Å². The number of esters is 1. The zero-order valence-corrected chi connectivity index (χ0v) is 11.8. The molecule has 19 heavy (non-hydrogen) atoms. The van der Waals surface area contributed by atoms with Crippen LogP contribution in [0.1, 0.15) is 40.5 Å². The van der Waals surface area contributed by atoms with Gasteiger partial charge in [-0.2, -0.15) is 0 Å². The Kier molecular flexibility index (Phi) is 5.72. The molecule has 110 valence electrons. The van der Waals surface area contributed by atoms with Crippen molar-refractivity contribution < 1.29 is 23.5 Å². The summed E-state index contributed by atoms with van der Waals surface area (Å²) in [4.78, 5) is 22.2. The van der Waals surface area contributed by atoms with Crippen molar-refractivity contribution in [2.24, 2.45) is 0 Å². The topological polar surface area (TPSA) is 64.6 Å². The van der Waals surface area contributed by atoms with Gasteiger partial charge in [-0.05, 0) is 13.3 Å². The van der Waals surface area contributed by atoms with E-state index in [-0.39, 0.29) is 5.91 Å². The number of alkyl halides is 1. The van der Waals surface area contributed by atoms with Crippen LogP contribution in [0.4, 0.5) is 4.39 Å². The first-order valence-corrected chi connectivity index (χ1v) is 6.60. The van der Waals surface area contributed by atoms with Crippen LogP contribution in [0, 0.1) is 0 Å². The molecule has 0 aromatic heterocycles. The van der Waals surface area contributed by atoms with Crippen molar-refractivity contribution in [1.82, 2.24) is 5.32 Å². The van der Waals surface area contributed by atoms with Crippen LogP contribution in [0.5, 0.6) is 0 Å². The van der Waals surface area contributed by atoms with Gasteiger partial charge < -0.3 is 14.8 Å². The molecule has 5 nitrogen and oxygen atoms in total. The van der Waals surface area contributed by atoms with E-state index >= 15 is 0 Å². The second-order valence-electron chi connectivity index (χ2n) is 4.91. The fraction of sp³-hybridized carbons (Fsp3) is 0.846. The van der Waals surface area contributed by atoms with Crippen LogP contribution in [0.25, 0.3) is 0 Å². The summed E-state index contributed by atoms with van der Waals surface area (Å²) in [6, 6.07) is -0.796. The number of nitrogens with one attached hydrogen (secondary N) is 1. The van der Waals surface area contributed by atoms with Crippen LogP contribution in [0.2, 0.25) is 0 Å². The highest BCUT2D eigenvalue weighted by Crippen LogP contribution is 2.28. The number of rotatable bonds is 4. The van der Waals surface area contributed by atoms with Gasteiger partial charge in [-0.3, -0.25) is 9.59 Å². The lowest BCUT2D eigenvalue weighted by Crippen LogP contribution is -2.61. The van der Waals surface area contributed by atoms with Crippen molar-refractivity contribution >= 4 is 11.9 Å². The minimum atomic E-state index is -1.46. The fourth-order valence-electron chi connectivity index (χ4n) is 2.39. The molecule has 0 bridgehead atoms. The molecule has 1 amide bonds. The molecule has 1 heterocycles. The van der Waals surface area contributed by atoms with Crippen molar-refractivity contribution in [3.8, 4) is 0 Å². The van der Waals surface area contributed by atoms with Gasteiger partial charge in [-0.1, -0.05) is 13.3 Å². The zero-order valence-electron chi connectivity index (χ0n) is 11.8. The van der Waals surface area contributed by atoms with Gasteiger partial charge in [0.2, 0.25) is 5.91 Å². The summed E-state index contributed by atoms with van der Waals surface area (Å²) in [7, 11) is 0. The van der Waals surface area contributed by atoms with Gasteiger partial charge in [0, 0.05) is 13.8 Å². The molecule has 0 aromatic rings. The lowest BCUT2D eigenvalue weighted by molar-refractivity contribution is -0.191. The van der Waals surface area contributed by atoms with Gasteiger partial charge in [-0.15, -0.1) is 0 Å². The third-order valence-electron chi connectivity index (χ3n) is 3.16. The van der Waals surface area contributed by atoms with E-state index in [1.807, 2.05) is 6.92 Å². The standard InChI is InChI=1S/C13H22FNO4/c1-5-6-10-13(19-9(4)17)11(14)12(7(2)18-10)15-8(3)16/h7,10-13H,5-6H2,1-4H3,(H,15,16)/t7?,10-,11-,12+,13-/m1/s1. The summed E-state index contributed by atoms with van der Waals surface area (Å²) in [5, 5.41) is 2.52. The van der Waals surface area contributed by atoms with E-state index < -0.39 is 36.5 Å². The van der Waals surface area contributed by atoms with E-state index in [2.05, 4.69) is 5.32 Å². The highest BCUT2D eigenvalue weighted by Gasteiger charge is 2.46. The SMILES string of the molecule is CCC[C@H]1OC(C)[C@H](NC(C)=O)[C@@H](F)[C@@H]1OC(C)=O. The van der Waals surface area contributed by atoms with Gasteiger partial charge in [-0.25, -0.2) is 4.39 Å². The van der Waals surface area contributed by atoms with E-state index in [1.165, 1.54) is 13.8 Å². The lowest BCUT2D eigenvalue weighted by atomic mass is 9.92. The largest absolute Gasteiger partial charge is 0.457 e. The summed E-state index contributed by atoms with van der Waals surface area (Å²) in [6.45, 7) is 6.21. The molecule has 0 saturated carbocycles. The number of carbonyl (C=O) groups excluding carboxylic acids is 2.